The molecule has 0 amide bonds. The van der Waals surface area contributed by atoms with Gasteiger partial charge in [-0.2, -0.15) is 0 Å². The second kappa shape index (κ2) is 12.4. The van der Waals surface area contributed by atoms with Crippen LogP contribution in [-0.2, 0) is 9.53 Å². The average molecular weight is 405 g/mol. The van der Waals surface area contributed by atoms with Crippen LogP contribution in [0.25, 0.3) is 0 Å². The lowest BCUT2D eigenvalue weighted by Gasteiger charge is -2.19. The molecule has 1 fully saturated rings. The fourth-order valence-corrected chi connectivity index (χ4v) is 3.55. The van der Waals surface area contributed by atoms with Gasteiger partial charge in [0.1, 0.15) is 18.5 Å². The van der Waals surface area contributed by atoms with Gasteiger partial charge >= 0.3 is 5.97 Å². The summed E-state index contributed by atoms with van der Waals surface area (Å²) in [6, 6.07) is 9.26. The van der Waals surface area contributed by atoms with Crippen molar-refractivity contribution in [3.63, 3.8) is 0 Å². The van der Waals surface area contributed by atoms with E-state index in [2.05, 4.69) is 4.74 Å². The molecule has 160 valence electrons. The lowest BCUT2D eigenvalue weighted by Crippen LogP contribution is -2.21. The van der Waals surface area contributed by atoms with Gasteiger partial charge in [-0.15, -0.1) is 0 Å². The number of carbonyl (C=O) groups is 1. The van der Waals surface area contributed by atoms with Gasteiger partial charge in [-0.05, 0) is 37.3 Å². The van der Waals surface area contributed by atoms with Gasteiger partial charge in [0.05, 0.1) is 19.3 Å². The zero-order valence-electron chi connectivity index (χ0n) is 16.9. The third kappa shape index (κ3) is 8.01. The SMILES string of the molecule is COC(=O)CCCC=CC[C@H]1[C@H](C=C[C@@H](O)COc2ccccc2)[C@H](O)C[C@@H]1O. The lowest BCUT2D eigenvalue weighted by molar-refractivity contribution is -0.140. The van der Waals surface area contributed by atoms with E-state index in [4.69, 9.17) is 4.74 Å². The van der Waals surface area contributed by atoms with Gasteiger partial charge in [0.15, 0.2) is 0 Å². The van der Waals surface area contributed by atoms with Crippen molar-refractivity contribution in [1.82, 2.24) is 0 Å². The highest BCUT2D eigenvalue weighted by molar-refractivity contribution is 5.69. The average Bonchev–Trinajstić information content (AvgIpc) is 3.00. The lowest BCUT2D eigenvalue weighted by atomic mass is 9.89. The molecule has 29 heavy (non-hydrogen) atoms. The van der Waals surface area contributed by atoms with Gasteiger partial charge in [-0.25, -0.2) is 0 Å². The molecule has 0 saturated heterocycles. The maximum absolute atomic E-state index is 11.1. The molecule has 2 rings (SSSR count). The molecule has 0 radical (unpaired) electrons. The maximum Gasteiger partial charge on any atom is 0.305 e. The van der Waals surface area contributed by atoms with Gasteiger partial charge < -0.3 is 24.8 Å². The van der Waals surface area contributed by atoms with E-state index in [1.165, 1.54) is 7.11 Å². The molecule has 3 N–H and O–H groups in total. The predicted molar refractivity (Wildman–Crippen MR) is 110 cm³/mol. The summed E-state index contributed by atoms with van der Waals surface area (Å²) in [4.78, 5) is 11.1. The zero-order valence-corrected chi connectivity index (χ0v) is 16.9. The highest BCUT2D eigenvalue weighted by Crippen LogP contribution is 2.36. The minimum Gasteiger partial charge on any atom is -0.491 e. The third-order valence-electron chi connectivity index (χ3n) is 5.19. The summed E-state index contributed by atoms with van der Waals surface area (Å²) >= 11 is 0. The van der Waals surface area contributed by atoms with E-state index < -0.39 is 18.3 Å². The summed E-state index contributed by atoms with van der Waals surface area (Å²) in [7, 11) is 1.38. The number of aliphatic hydroxyl groups excluding tert-OH is 3. The van der Waals surface area contributed by atoms with Crippen molar-refractivity contribution in [1.29, 1.82) is 0 Å². The van der Waals surface area contributed by atoms with E-state index in [9.17, 15) is 20.1 Å². The summed E-state index contributed by atoms with van der Waals surface area (Å²) in [5.41, 5.74) is 0. The number of hydrogen-bond donors (Lipinski definition) is 3. The van der Waals surface area contributed by atoms with Crippen LogP contribution in [0.3, 0.4) is 0 Å². The number of hydrogen-bond acceptors (Lipinski definition) is 6. The molecule has 0 heterocycles. The topological polar surface area (TPSA) is 96.2 Å². The van der Waals surface area contributed by atoms with Crippen LogP contribution in [0.2, 0.25) is 0 Å². The molecular weight excluding hydrogens is 372 g/mol. The molecule has 1 saturated carbocycles. The fraction of sp³-hybridized carbons (Fsp3) is 0.522. The van der Waals surface area contributed by atoms with Gasteiger partial charge in [0.2, 0.25) is 0 Å². The van der Waals surface area contributed by atoms with Crippen molar-refractivity contribution in [2.75, 3.05) is 13.7 Å². The first-order valence-corrected chi connectivity index (χ1v) is 10.1. The quantitative estimate of drug-likeness (QED) is 0.298. The molecule has 5 atom stereocenters. The summed E-state index contributed by atoms with van der Waals surface area (Å²) < 4.78 is 10.1. The summed E-state index contributed by atoms with van der Waals surface area (Å²) in [5, 5.41) is 30.7. The second-order valence-electron chi connectivity index (χ2n) is 7.36. The van der Waals surface area contributed by atoms with E-state index in [1.54, 1.807) is 12.2 Å². The molecule has 6 nitrogen and oxygen atoms in total. The number of aliphatic hydroxyl groups is 3. The molecule has 1 aromatic rings. The van der Waals surface area contributed by atoms with E-state index >= 15 is 0 Å². The van der Waals surface area contributed by atoms with E-state index in [0.29, 0.717) is 25.0 Å². The van der Waals surface area contributed by atoms with Crippen LogP contribution >= 0.6 is 0 Å². The minimum absolute atomic E-state index is 0.111. The van der Waals surface area contributed by atoms with Crippen molar-refractivity contribution in [2.24, 2.45) is 11.8 Å². The minimum atomic E-state index is -0.797. The molecule has 0 aromatic heterocycles. The molecule has 1 aliphatic carbocycles. The number of benzene rings is 1. The van der Waals surface area contributed by atoms with E-state index in [0.717, 1.165) is 12.8 Å². The van der Waals surface area contributed by atoms with Crippen LogP contribution in [0, 0.1) is 11.8 Å². The predicted octanol–water partition coefficient (Wildman–Crippen LogP) is 2.63. The van der Waals surface area contributed by atoms with Crippen LogP contribution in [-0.4, -0.2) is 53.3 Å². The van der Waals surface area contributed by atoms with Gasteiger partial charge in [-0.1, -0.05) is 42.5 Å². The number of methoxy groups -OCH3 is 1. The highest BCUT2D eigenvalue weighted by Gasteiger charge is 2.39. The Morgan fingerprint density at radius 3 is 2.69 bits per heavy atom. The maximum atomic E-state index is 11.1. The number of ether oxygens (including phenoxy) is 2. The van der Waals surface area contributed by atoms with Gasteiger partial charge in [0, 0.05) is 18.8 Å². The number of carbonyl (C=O) groups excluding carboxylic acids is 1. The largest absolute Gasteiger partial charge is 0.491 e. The third-order valence-corrected chi connectivity index (χ3v) is 5.19. The Kier molecular flexibility index (Phi) is 9.91. The van der Waals surface area contributed by atoms with Crippen molar-refractivity contribution >= 4 is 5.97 Å². The molecular formula is C23H32O6. The van der Waals surface area contributed by atoms with E-state index in [-0.39, 0.29) is 24.4 Å². The van der Waals surface area contributed by atoms with Crippen LogP contribution in [0.5, 0.6) is 5.75 Å². The second-order valence-corrected chi connectivity index (χ2v) is 7.36. The van der Waals surface area contributed by atoms with Gasteiger partial charge in [-0.3, -0.25) is 4.79 Å². The number of para-hydroxylation sites is 1. The standard InChI is InChI=1S/C23H32O6/c1-28-23(27)12-8-3-2-7-11-19-20(22(26)15-21(19)25)14-13-17(24)16-29-18-9-5-4-6-10-18/h2,4-7,9-10,13-14,17,19-22,24-26H,3,8,11-12,15-16H2,1H3/t17-,19+,20+,21+,22-/m1/s1. The monoisotopic (exact) mass is 404 g/mol. The number of esters is 1. The van der Waals surface area contributed by atoms with Crippen LogP contribution < -0.4 is 4.74 Å². The number of unbranched alkanes of at least 4 members (excludes halogenated alkanes) is 1. The summed E-state index contributed by atoms with van der Waals surface area (Å²) in [6.45, 7) is 0.122. The molecule has 0 bridgehead atoms. The van der Waals surface area contributed by atoms with Crippen molar-refractivity contribution in [3.05, 3.63) is 54.6 Å². The Labute approximate surface area is 172 Å². The Bertz CT molecular complexity index is 657. The summed E-state index contributed by atoms with van der Waals surface area (Å²) in [5.74, 6) is 0.135. The zero-order chi connectivity index (χ0) is 21.1. The molecule has 1 aliphatic rings. The Morgan fingerprint density at radius 1 is 1.21 bits per heavy atom. The normalized spacial score (nSPS) is 25.5. The fourth-order valence-electron chi connectivity index (χ4n) is 3.55. The highest BCUT2D eigenvalue weighted by atomic mass is 16.5. The molecule has 0 aliphatic heterocycles. The molecule has 1 aromatic carbocycles. The van der Waals surface area contributed by atoms with Crippen molar-refractivity contribution in [2.45, 2.75) is 50.4 Å². The summed E-state index contributed by atoms with van der Waals surface area (Å²) in [6.07, 6.45) is 8.19. The number of rotatable bonds is 11. The Morgan fingerprint density at radius 2 is 1.97 bits per heavy atom. The van der Waals surface area contributed by atoms with Crippen LogP contribution in [0.1, 0.15) is 32.1 Å². The molecule has 6 heteroatoms. The number of allylic oxidation sites excluding steroid dienone is 2. The first kappa shape index (κ1) is 23.1. The van der Waals surface area contributed by atoms with Crippen molar-refractivity contribution in [3.8, 4) is 5.75 Å². The van der Waals surface area contributed by atoms with Gasteiger partial charge in [0.25, 0.3) is 0 Å². The van der Waals surface area contributed by atoms with E-state index in [1.807, 2.05) is 42.5 Å². The smallest absolute Gasteiger partial charge is 0.305 e. The first-order valence-electron chi connectivity index (χ1n) is 10.1. The van der Waals surface area contributed by atoms with Crippen LogP contribution in [0.15, 0.2) is 54.6 Å². The molecule has 0 unspecified atom stereocenters. The van der Waals surface area contributed by atoms with Crippen LogP contribution in [0.4, 0.5) is 0 Å². The Hall–Kier alpha value is -2.15. The molecule has 0 spiro atoms. The Balaban J connectivity index is 1.80. The first-order chi connectivity index (χ1) is 14.0. The van der Waals surface area contributed by atoms with Crippen molar-refractivity contribution < 1.29 is 29.6 Å².